The van der Waals surface area contributed by atoms with E-state index >= 15 is 0 Å². The molecule has 0 saturated heterocycles. The van der Waals surface area contributed by atoms with E-state index < -0.39 is 0 Å². The Labute approximate surface area is 254 Å². The number of hydrogen-bond acceptors (Lipinski definition) is 0. The van der Waals surface area contributed by atoms with E-state index in [-0.39, 0.29) is 0 Å². The van der Waals surface area contributed by atoms with E-state index in [1.807, 2.05) is 0 Å². The van der Waals surface area contributed by atoms with Gasteiger partial charge in [0.25, 0.3) is 0 Å². The van der Waals surface area contributed by atoms with Crippen LogP contribution in [0.2, 0.25) is 0 Å². The third-order valence-electron chi connectivity index (χ3n) is 9.72. The largest absolute Gasteiger partial charge is 0.0616 e. The summed E-state index contributed by atoms with van der Waals surface area (Å²) >= 11 is 0. The number of benzene rings is 10. The summed E-state index contributed by atoms with van der Waals surface area (Å²) < 4.78 is 0. The van der Waals surface area contributed by atoms with Crippen molar-refractivity contribution in [1.29, 1.82) is 0 Å². The summed E-state index contributed by atoms with van der Waals surface area (Å²) in [5.74, 6) is 0. The summed E-state index contributed by atoms with van der Waals surface area (Å²) in [6.45, 7) is 0. The van der Waals surface area contributed by atoms with Crippen LogP contribution in [0.1, 0.15) is 0 Å². The first kappa shape index (κ1) is 23.8. The summed E-state index contributed by atoms with van der Waals surface area (Å²) in [6, 6.07) is 58.8. The molecule has 0 saturated carbocycles. The molecule has 0 amide bonds. The summed E-state index contributed by atoms with van der Waals surface area (Å²) in [6.07, 6.45) is 0. The smallest absolute Gasteiger partial charge is 0.00143 e. The van der Waals surface area contributed by atoms with Gasteiger partial charge in [0, 0.05) is 0 Å². The van der Waals surface area contributed by atoms with E-state index in [1.165, 1.54) is 97.7 Å². The van der Waals surface area contributed by atoms with Crippen LogP contribution in [-0.4, -0.2) is 0 Å². The molecule has 44 heavy (non-hydrogen) atoms. The van der Waals surface area contributed by atoms with Crippen molar-refractivity contribution in [3.8, 4) is 22.3 Å². The quantitative estimate of drug-likeness (QED) is 0.147. The maximum Gasteiger partial charge on any atom is -0.00143 e. The minimum atomic E-state index is 1.27. The van der Waals surface area contributed by atoms with Crippen molar-refractivity contribution in [2.24, 2.45) is 0 Å². The SMILES string of the molecule is c1ccc2cc3c(-c4cc(-c5cccc6cc7ccccc7cc56)c5ccc6cccc7ccc4c5c76)cccc3cc2c1. The molecule has 0 heteroatoms. The van der Waals surface area contributed by atoms with Gasteiger partial charge in [0.15, 0.2) is 0 Å². The first-order chi connectivity index (χ1) is 21.8. The van der Waals surface area contributed by atoms with Crippen LogP contribution in [0.3, 0.4) is 0 Å². The Bertz CT molecular complexity index is 2580. The summed E-state index contributed by atoms with van der Waals surface area (Å²) in [4.78, 5) is 0. The van der Waals surface area contributed by atoms with Crippen molar-refractivity contribution in [3.63, 3.8) is 0 Å². The minimum Gasteiger partial charge on any atom is -0.0616 e. The average molecular weight is 555 g/mol. The molecule has 202 valence electrons. The standard InChI is InChI=1S/C44H26/c1-3-10-31-24-39-33(22-29(31)8-1)14-6-16-35(39)41-26-42(36-17-7-15-34-23-30-9-2-4-11-32(30)25-40(34)36)38-21-19-28-13-5-12-27-18-20-37(41)44(38)43(27)28/h1-26H. The topological polar surface area (TPSA) is 0 Å². The molecule has 0 heterocycles. The highest BCUT2D eigenvalue weighted by atomic mass is 14.2. The van der Waals surface area contributed by atoms with Gasteiger partial charge in [-0.3, -0.25) is 0 Å². The Morgan fingerprint density at radius 1 is 0.205 bits per heavy atom. The van der Waals surface area contributed by atoms with Crippen LogP contribution in [-0.2, 0) is 0 Å². The molecular weight excluding hydrogens is 528 g/mol. The van der Waals surface area contributed by atoms with Gasteiger partial charge < -0.3 is 0 Å². The van der Waals surface area contributed by atoms with Crippen molar-refractivity contribution in [1.82, 2.24) is 0 Å². The normalized spacial score (nSPS) is 12.1. The number of hydrogen-bond donors (Lipinski definition) is 0. The maximum atomic E-state index is 2.47. The van der Waals surface area contributed by atoms with E-state index in [2.05, 4.69) is 158 Å². The second-order valence-electron chi connectivity index (χ2n) is 12.1. The van der Waals surface area contributed by atoms with E-state index in [0.29, 0.717) is 0 Å². The van der Waals surface area contributed by atoms with Crippen molar-refractivity contribution in [3.05, 3.63) is 158 Å². The monoisotopic (exact) mass is 554 g/mol. The van der Waals surface area contributed by atoms with Gasteiger partial charge in [0.2, 0.25) is 0 Å². The Kier molecular flexibility index (Phi) is 4.81. The zero-order valence-corrected chi connectivity index (χ0v) is 24.0. The van der Waals surface area contributed by atoms with Gasteiger partial charge in [-0.25, -0.2) is 0 Å². The van der Waals surface area contributed by atoms with Crippen molar-refractivity contribution in [2.45, 2.75) is 0 Å². The predicted octanol–water partition coefficient (Wildman–Crippen LogP) is 12.5. The van der Waals surface area contributed by atoms with Gasteiger partial charge in [-0.05, 0) is 128 Å². The zero-order valence-electron chi connectivity index (χ0n) is 24.0. The molecule has 10 aromatic carbocycles. The fourth-order valence-electron chi connectivity index (χ4n) is 7.68. The van der Waals surface area contributed by atoms with E-state index in [1.54, 1.807) is 0 Å². The predicted molar refractivity (Wildman–Crippen MR) is 191 cm³/mol. The van der Waals surface area contributed by atoms with Crippen LogP contribution >= 0.6 is 0 Å². The van der Waals surface area contributed by atoms with E-state index in [4.69, 9.17) is 0 Å². The molecule has 0 fully saturated rings. The molecule has 0 bridgehead atoms. The molecule has 0 spiro atoms. The molecule has 0 aliphatic rings. The van der Waals surface area contributed by atoms with Crippen LogP contribution in [0.15, 0.2) is 158 Å². The number of fused-ring (bicyclic) bond motifs is 4. The summed E-state index contributed by atoms with van der Waals surface area (Å²) in [5, 5.41) is 18.1. The lowest BCUT2D eigenvalue weighted by molar-refractivity contribution is 1.68. The highest BCUT2D eigenvalue weighted by Crippen LogP contribution is 2.46. The first-order valence-electron chi connectivity index (χ1n) is 15.3. The van der Waals surface area contributed by atoms with Crippen LogP contribution < -0.4 is 0 Å². The van der Waals surface area contributed by atoms with Gasteiger partial charge in [-0.15, -0.1) is 0 Å². The zero-order chi connectivity index (χ0) is 28.8. The van der Waals surface area contributed by atoms with Crippen LogP contribution in [0.25, 0.3) is 97.7 Å². The molecule has 0 N–H and O–H groups in total. The van der Waals surface area contributed by atoms with Crippen molar-refractivity contribution < 1.29 is 0 Å². The third kappa shape index (κ3) is 3.34. The second-order valence-corrected chi connectivity index (χ2v) is 12.1. The molecular formula is C44H26. The molecule has 0 radical (unpaired) electrons. The van der Waals surface area contributed by atoms with Gasteiger partial charge in [-0.1, -0.05) is 127 Å². The summed E-state index contributed by atoms with van der Waals surface area (Å²) in [7, 11) is 0. The number of rotatable bonds is 2. The lowest BCUT2D eigenvalue weighted by Crippen LogP contribution is -1.92. The highest BCUT2D eigenvalue weighted by molar-refractivity contribution is 6.29. The average Bonchev–Trinajstić information content (AvgIpc) is 3.08. The van der Waals surface area contributed by atoms with Crippen LogP contribution in [0.4, 0.5) is 0 Å². The molecule has 0 nitrogen and oxygen atoms in total. The molecule has 0 aliphatic heterocycles. The molecule has 0 unspecified atom stereocenters. The van der Waals surface area contributed by atoms with E-state index in [9.17, 15) is 0 Å². The first-order valence-corrected chi connectivity index (χ1v) is 15.3. The summed E-state index contributed by atoms with van der Waals surface area (Å²) in [5.41, 5.74) is 5.12. The lowest BCUT2D eigenvalue weighted by atomic mass is 9.83. The third-order valence-corrected chi connectivity index (χ3v) is 9.72. The Balaban J connectivity index is 1.39. The Morgan fingerprint density at radius 3 is 1.11 bits per heavy atom. The molecule has 10 rings (SSSR count). The molecule has 10 aromatic rings. The van der Waals surface area contributed by atoms with Crippen molar-refractivity contribution >= 4 is 75.4 Å². The maximum absolute atomic E-state index is 2.47. The van der Waals surface area contributed by atoms with Gasteiger partial charge >= 0.3 is 0 Å². The van der Waals surface area contributed by atoms with Crippen LogP contribution in [0, 0.1) is 0 Å². The molecule has 0 atom stereocenters. The van der Waals surface area contributed by atoms with Gasteiger partial charge in [0.05, 0.1) is 0 Å². The second kappa shape index (κ2) is 8.89. The Hall–Kier alpha value is -5.72. The fourth-order valence-corrected chi connectivity index (χ4v) is 7.68. The van der Waals surface area contributed by atoms with Gasteiger partial charge in [0.1, 0.15) is 0 Å². The van der Waals surface area contributed by atoms with Gasteiger partial charge in [-0.2, -0.15) is 0 Å². The minimum absolute atomic E-state index is 1.27. The molecule has 0 aromatic heterocycles. The Morgan fingerprint density at radius 2 is 0.614 bits per heavy atom. The fraction of sp³-hybridized carbons (Fsp3) is 0. The van der Waals surface area contributed by atoms with Crippen LogP contribution in [0.5, 0.6) is 0 Å². The van der Waals surface area contributed by atoms with Crippen molar-refractivity contribution in [2.75, 3.05) is 0 Å². The molecule has 0 aliphatic carbocycles. The lowest BCUT2D eigenvalue weighted by Gasteiger charge is -2.20. The van der Waals surface area contributed by atoms with E-state index in [0.717, 1.165) is 0 Å². The highest BCUT2D eigenvalue weighted by Gasteiger charge is 2.19.